The van der Waals surface area contributed by atoms with Crippen LogP contribution in [0.25, 0.3) is 0 Å². The molecule has 6 nitrogen and oxygen atoms in total. The minimum absolute atomic E-state index is 0.148. The van der Waals surface area contributed by atoms with Crippen LogP contribution < -0.4 is 10.6 Å². The van der Waals surface area contributed by atoms with Crippen LogP contribution in [0.15, 0.2) is 30.3 Å². The van der Waals surface area contributed by atoms with Gasteiger partial charge in [-0.1, -0.05) is 43.2 Å². The van der Waals surface area contributed by atoms with E-state index in [1.807, 2.05) is 37.3 Å². The molecule has 0 spiro atoms. The second-order valence-electron chi connectivity index (χ2n) is 5.66. The molecule has 2 amide bonds. The summed E-state index contributed by atoms with van der Waals surface area (Å²) in [4.78, 5) is 12.0. The van der Waals surface area contributed by atoms with E-state index < -0.39 is 6.10 Å². The molecule has 0 aliphatic heterocycles. The molecule has 6 heteroatoms. The molecule has 0 aliphatic rings. The molecule has 0 radical (unpaired) electrons. The van der Waals surface area contributed by atoms with Gasteiger partial charge >= 0.3 is 6.03 Å². The first-order valence-corrected chi connectivity index (χ1v) is 7.82. The van der Waals surface area contributed by atoms with Crippen LogP contribution in [0.3, 0.4) is 0 Å². The number of benzene rings is 1. The Balaban J connectivity index is 1.87. The lowest BCUT2D eigenvalue weighted by Gasteiger charge is -2.13. The fourth-order valence-electron chi connectivity index (χ4n) is 2.37. The van der Waals surface area contributed by atoms with Crippen molar-refractivity contribution in [1.29, 1.82) is 0 Å². The molecule has 0 saturated carbocycles. The van der Waals surface area contributed by atoms with Gasteiger partial charge in [0.1, 0.15) is 5.82 Å². The van der Waals surface area contributed by atoms with Crippen molar-refractivity contribution in [2.45, 2.75) is 32.8 Å². The summed E-state index contributed by atoms with van der Waals surface area (Å²) in [6.07, 6.45) is 1.15. The summed E-state index contributed by atoms with van der Waals surface area (Å²) in [5.41, 5.74) is 2.81. The van der Waals surface area contributed by atoms with E-state index in [4.69, 9.17) is 0 Å². The number of hydrogen-bond donors (Lipinski definition) is 3. The summed E-state index contributed by atoms with van der Waals surface area (Å²) in [6, 6.07) is 9.10. The Morgan fingerprint density at radius 1 is 1.39 bits per heavy atom. The van der Waals surface area contributed by atoms with Crippen LogP contribution in [0.2, 0.25) is 0 Å². The van der Waals surface area contributed by atoms with Gasteiger partial charge in [0.2, 0.25) is 0 Å². The van der Waals surface area contributed by atoms with Crippen LogP contribution in [0.4, 0.5) is 10.6 Å². The zero-order valence-electron chi connectivity index (χ0n) is 13.8. The Bertz CT molecular complexity index is 666. The van der Waals surface area contributed by atoms with Gasteiger partial charge in [-0.2, -0.15) is 5.10 Å². The lowest BCUT2D eigenvalue weighted by atomic mass is 10.1. The summed E-state index contributed by atoms with van der Waals surface area (Å²) in [7, 11) is 1.79. The third-order valence-electron chi connectivity index (χ3n) is 3.56. The van der Waals surface area contributed by atoms with Crippen LogP contribution >= 0.6 is 0 Å². The van der Waals surface area contributed by atoms with Crippen LogP contribution in [0.1, 0.15) is 36.3 Å². The molecule has 0 aliphatic carbocycles. The number of aromatic nitrogens is 2. The fourth-order valence-corrected chi connectivity index (χ4v) is 2.37. The molecule has 1 heterocycles. The highest BCUT2D eigenvalue weighted by molar-refractivity contribution is 5.88. The third kappa shape index (κ3) is 4.82. The van der Waals surface area contributed by atoms with Crippen molar-refractivity contribution >= 4 is 11.8 Å². The monoisotopic (exact) mass is 316 g/mol. The fraction of sp³-hybridized carbons (Fsp3) is 0.412. The maximum absolute atomic E-state index is 12.0. The summed E-state index contributed by atoms with van der Waals surface area (Å²) in [5, 5.41) is 19.9. The Hall–Kier alpha value is -2.34. The Kier molecular flexibility index (Phi) is 5.76. The van der Waals surface area contributed by atoms with Crippen molar-refractivity contribution in [3.8, 4) is 0 Å². The van der Waals surface area contributed by atoms with Crippen molar-refractivity contribution in [2.24, 2.45) is 7.05 Å². The molecule has 1 atom stereocenters. The summed E-state index contributed by atoms with van der Waals surface area (Å²) >= 11 is 0. The molecule has 1 unspecified atom stereocenters. The molecule has 1 aromatic heterocycles. The quantitative estimate of drug-likeness (QED) is 0.766. The molecular formula is C17H24N4O2. The number of aliphatic hydroxyl groups excluding tert-OH is 1. The molecule has 2 rings (SSSR count). The number of hydrogen-bond acceptors (Lipinski definition) is 3. The number of urea groups is 1. The van der Waals surface area contributed by atoms with Gasteiger partial charge in [0.15, 0.2) is 0 Å². The van der Waals surface area contributed by atoms with Crippen molar-refractivity contribution in [1.82, 2.24) is 15.1 Å². The van der Waals surface area contributed by atoms with E-state index in [1.165, 1.54) is 0 Å². The Labute approximate surface area is 136 Å². The largest absolute Gasteiger partial charge is 0.387 e. The molecular weight excluding hydrogens is 292 g/mol. The molecule has 0 bridgehead atoms. The third-order valence-corrected chi connectivity index (χ3v) is 3.56. The van der Waals surface area contributed by atoms with Crippen molar-refractivity contribution in [2.75, 3.05) is 11.9 Å². The van der Waals surface area contributed by atoms with Gasteiger partial charge in [-0.05, 0) is 18.9 Å². The lowest BCUT2D eigenvalue weighted by Crippen LogP contribution is -2.33. The Morgan fingerprint density at radius 2 is 2.17 bits per heavy atom. The van der Waals surface area contributed by atoms with Gasteiger partial charge in [0.05, 0.1) is 11.8 Å². The van der Waals surface area contributed by atoms with E-state index in [1.54, 1.807) is 11.7 Å². The number of aliphatic hydroxyl groups is 1. The van der Waals surface area contributed by atoms with E-state index in [-0.39, 0.29) is 12.6 Å². The summed E-state index contributed by atoms with van der Waals surface area (Å²) in [6.45, 7) is 4.20. The second-order valence-corrected chi connectivity index (χ2v) is 5.66. The van der Waals surface area contributed by atoms with Crippen LogP contribution in [0, 0.1) is 6.92 Å². The standard InChI is InChI=1S/C17H24N4O2/c1-4-6-14-10-16(21(3)20-14)19-17(23)18-11-15(22)13-8-5-7-12(2)9-13/h5,7-10,15,22H,4,6,11H2,1-3H3,(H2,18,19,23). The molecule has 2 aromatic rings. The van der Waals surface area contributed by atoms with E-state index in [0.29, 0.717) is 5.82 Å². The summed E-state index contributed by atoms with van der Waals surface area (Å²) in [5.74, 6) is 0.635. The predicted octanol–water partition coefficient (Wildman–Crippen LogP) is 2.54. The lowest BCUT2D eigenvalue weighted by molar-refractivity contribution is 0.175. The number of nitrogens with one attached hydrogen (secondary N) is 2. The minimum atomic E-state index is -0.733. The maximum atomic E-state index is 12.0. The highest BCUT2D eigenvalue weighted by Gasteiger charge is 2.11. The average molecular weight is 316 g/mol. The minimum Gasteiger partial charge on any atom is -0.387 e. The highest BCUT2D eigenvalue weighted by atomic mass is 16.3. The molecule has 3 N–H and O–H groups in total. The van der Waals surface area contributed by atoms with Gasteiger partial charge in [0.25, 0.3) is 0 Å². The molecule has 0 fully saturated rings. The number of nitrogens with zero attached hydrogens (tertiary/aromatic N) is 2. The second kappa shape index (κ2) is 7.78. The number of aryl methyl sites for hydroxylation is 3. The van der Waals surface area contributed by atoms with Crippen LogP contribution in [-0.4, -0.2) is 27.5 Å². The SMILES string of the molecule is CCCc1cc(NC(=O)NCC(O)c2cccc(C)c2)n(C)n1. The molecule has 23 heavy (non-hydrogen) atoms. The van der Waals surface area contributed by atoms with E-state index in [0.717, 1.165) is 29.7 Å². The van der Waals surface area contributed by atoms with Crippen molar-refractivity contribution in [3.05, 3.63) is 47.2 Å². The average Bonchev–Trinajstić information content (AvgIpc) is 2.85. The van der Waals surface area contributed by atoms with Crippen LogP contribution in [0.5, 0.6) is 0 Å². The van der Waals surface area contributed by atoms with Gasteiger partial charge in [-0.15, -0.1) is 0 Å². The number of carbonyl (C=O) groups is 1. The number of amides is 2. The van der Waals surface area contributed by atoms with E-state index >= 15 is 0 Å². The molecule has 124 valence electrons. The first kappa shape index (κ1) is 17.0. The number of carbonyl (C=O) groups excluding carboxylic acids is 1. The summed E-state index contributed by atoms with van der Waals surface area (Å²) < 4.78 is 1.64. The number of rotatable bonds is 6. The van der Waals surface area contributed by atoms with Crippen molar-refractivity contribution in [3.63, 3.8) is 0 Å². The van der Waals surface area contributed by atoms with Gasteiger partial charge in [-0.25, -0.2) is 4.79 Å². The van der Waals surface area contributed by atoms with E-state index in [9.17, 15) is 9.90 Å². The van der Waals surface area contributed by atoms with Crippen LogP contribution in [-0.2, 0) is 13.5 Å². The van der Waals surface area contributed by atoms with Gasteiger partial charge < -0.3 is 10.4 Å². The predicted molar refractivity (Wildman–Crippen MR) is 90.4 cm³/mol. The van der Waals surface area contributed by atoms with E-state index in [2.05, 4.69) is 22.7 Å². The Morgan fingerprint density at radius 3 is 2.87 bits per heavy atom. The zero-order chi connectivity index (χ0) is 16.8. The molecule has 1 aromatic carbocycles. The molecule has 0 saturated heterocycles. The van der Waals surface area contributed by atoms with Gasteiger partial charge in [0, 0.05) is 19.7 Å². The maximum Gasteiger partial charge on any atom is 0.320 e. The number of anilines is 1. The zero-order valence-corrected chi connectivity index (χ0v) is 13.8. The first-order chi connectivity index (χ1) is 11.0. The smallest absolute Gasteiger partial charge is 0.320 e. The highest BCUT2D eigenvalue weighted by Crippen LogP contribution is 2.14. The first-order valence-electron chi connectivity index (χ1n) is 7.82. The van der Waals surface area contributed by atoms with Gasteiger partial charge in [-0.3, -0.25) is 10.00 Å². The van der Waals surface area contributed by atoms with Crippen molar-refractivity contribution < 1.29 is 9.90 Å². The normalized spacial score (nSPS) is 12.0. The topological polar surface area (TPSA) is 79.2 Å².